The van der Waals surface area contributed by atoms with Crippen LogP contribution in [0.1, 0.15) is 13.8 Å². The highest BCUT2D eigenvalue weighted by Gasteiger charge is 2.28. The van der Waals surface area contributed by atoms with Gasteiger partial charge in [-0.25, -0.2) is 9.59 Å². The zero-order chi connectivity index (χ0) is 13.5. The molecule has 0 aromatic carbocycles. The van der Waals surface area contributed by atoms with Crippen LogP contribution in [-0.2, 0) is 19.1 Å². The summed E-state index contributed by atoms with van der Waals surface area (Å²) >= 11 is 2.60. The van der Waals surface area contributed by atoms with Crippen molar-refractivity contribution in [3.8, 4) is 0 Å². The lowest BCUT2D eigenvalue weighted by Crippen LogP contribution is -2.22. The van der Waals surface area contributed by atoms with E-state index < -0.39 is 11.9 Å². The molecule has 0 amide bonds. The second-order valence-corrected chi connectivity index (χ2v) is 5.60. The number of carbonyl (C=O) groups excluding carboxylic acids is 2. The first-order valence-electron chi connectivity index (χ1n) is 5.28. The van der Waals surface area contributed by atoms with Gasteiger partial charge in [-0.1, -0.05) is 36.2 Å². The molecule has 0 atom stereocenters. The van der Waals surface area contributed by atoms with Crippen molar-refractivity contribution in [2.75, 3.05) is 6.61 Å². The topological polar surface area (TPSA) is 52.6 Å². The summed E-state index contributed by atoms with van der Waals surface area (Å²) in [4.78, 5) is 23.7. The number of rotatable bonds is 5. The first-order valence-corrected chi connectivity index (χ1v) is 7.03. The summed E-state index contributed by atoms with van der Waals surface area (Å²) in [7, 11) is 0. The quantitative estimate of drug-likeness (QED) is 0.255. The summed E-state index contributed by atoms with van der Waals surface area (Å²) in [6.07, 6.45) is 1.16. The van der Waals surface area contributed by atoms with Gasteiger partial charge in [-0.15, -0.1) is 0 Å². The zero-order valence-corrected chi connectivity index (χ0v) is 11.8. The van der Waals surface area contributed by atoms with Crippen LogP contribution in [0.3, 0.4) is 0 Å². The number of hydrogen-bond acceptors (Lipinski definition) is 6. The molecule has 6 heteroatoms. The molecule has 0 unspecified atom stereocenters. The molecule has 18 heavy (non-hydrogen) atoms. The van der Waals surface area contributed by atoms with Crippen molar-refractivity contribution in [3.05, 3.63) is 33.3 Å². The fourth-order valence-electron chi connectivity index (χ4n) is 1.05. The average Bonchev–Trinajstić information content (AvgIpc) is 2.79. The molecule has 0 spiro atoms. The van der Waals surface area contributed by atoms with E-state index in [0.29, 0.717) is 4.24 Å². The molecule has 98 valence electrons. The van der Waals surface area contributed by atoms with Crippen molar-refractivity contribution in [3.63, 3.8) is 0 Å². The molecule has 1 aliphatic heterocycles. The third kappa shape index (κ3) is 4.27. The minimum absolute atomic E-state index is 0.0504. The maximum Gasteiger partial charge on any atom is 0.347 e. The summed E-state index contributed by atoms with van der Waals surface area (Å²) < 4.78 is 10.5. The first kappa shape index (κ1) is 14.9. The Labute approximate surface area is 114 Å². The number of ether oxygens (including phenoxy) is 2. The number of carbonyl (C=O) groups is 2. The highest BCUT2D eigenvalue weighted by molar-refractivity contribution is 8.27. The molecule has 0 saturated heterocycles. The Morgan fingerprint density at radius 3 is 2.44 bits per heavy atom. The number of thioether (sulfide) groups is 2. The van der Waals surface area contributed by atoms with E-state index in [2.05, 4.69) is 6.58 Å². The van der Waals surface area contributed by atoms with Crippen LogP contribution in [-0.4, -0.2) is 24.6 Å². The Bertz CT molecular complexity index is 400. The molecule has 0 radical (unpaired) electrons. The van der Waals surface area contributed by atoms with E-state index in [4.69, 9.17) is 9.47 Å². The first-order chi connectivity index (χ1) is 8.56. The predicted molar refractivity (Wildman–Crippen MR) is 73.7 cm³/mol. The van der Waals surface area contributed by atoms with Gasteiger partial charge in [0.05, 0.1) is 10.3 Å². The maximum atomic E-state index is 11.9. The van der Waals surface area contributed by atoms with Gasteiger partial charge in [0, 0.05) is 0 Å². The number of esters is 2. The molecular formula is C12H14O4S2. The van der Waals surface area contributed by atoms with Crippen molar-refractivity contribution in [1.82, 2.24) is 0 Å². The van der Waals surface area contributed by atoms with Crippen molar-refractivity contribution in [2.24, 2.45) is 0 Å². The van der Waals surface area contributed by atoms with Crippen molar-refractivity contribution in [2.45, 2.75) is 20.0 Å². The van der Waals surface area contributed by atoms with E-state index >= 15 is 0 Å². The van der Waals surface area contributed by atoms with Crippen LogP contribution in [0.15, 0.2) is 33.3 Å². The van der Waals surface area contributed by atoms with Gasteiger partial charge in [-0.3, -0.25) is 0 Å². The summed E-state index contributed by atoms with van der Waals surface area (Å²) in [5.74, 6) is -1.34. The molecule has 0 N–H and O–H groups in total. The van der Waals surface area contributed by atoms with Crippen molar-refractivity contribution < 1.29 is 19.1 Å². The standard InChI is InChI=1S/C12H14O4S2/c1-4-5-15-10(13)9(11(14)16-8(2)3)12-17-6-7-18-12/h4,6-8H,1,5H2,2-3H3. The van der Waals surface area contributed by atoms with Crippen LogP contribution in [0.2, 0.25) is 0 Å². The van der Waals surface area contributed by atoms with Crippen molar-refractivity contribution in [1.29, 1.82) is 0 Å². The molecule has 0 saturated carbocycles. The van der Waals surface area contributed by atoms with Crippen molar-refractivity contribution >= 4 is 35.5 Å². The highest BCUT2D eigenvalue weighted by Crippen LogP contribution is 2.40. The Hall–Kier alpha value is -1.14. The van der Waals surface area contributed by atoms with E-state index in [1.165, 1.54) is 29.6 Å². The van der Waals surface area contributed by atoms with Crippen LogP contribution >= 0.6 is 23.5 Å². The lowest BCUT2D eigenvalue weighted by molar-refractivity contribution is -0.148. The summed E-state index contributed by atoms with van der Waals surface area (Å²) in [6, 6.07) is 0. The molecule has 1 aliphatic rings. The lowest BCUT2D eigenvalue weighted by atomic mass is 10.3. The fourth-order valence-corrected chi connectivity index (χ4v) is 2.87. The van der Waals surface area contributed by atoms with E-state index in [9.17, 15) is 9.59 Å². The zero-order valence-electron chi connectivity index (χ0n) is 10.2. The normalized spacial score (nSPS) is 13.6. The van der Waals surface area contributed by atoms with Crippen LogP contribution in [0, 0.1) is 0 Å². The summed E-state index contributed by atoms with van der Waals surface area (Å²) in [5, 5.41) is 3.59. The lowest BCUT2D eigenvalue weighted by Gasteiger charge is -2.11. The third-order valence-corrected chi connectivity index (χ3v) is 3.82. The second kappa shape index (κ2) is 7.33. The molecule has 0 bridgehead atoms. The molecule has 0 aliphatic carbocycles. The summed E-state index contributed by atoms with van der Waals surface area (Å²) in [5.41, 5.74) is -0.0504. The Kier molecular flexibility index (Phi) is 6.07. The van der Waals surface area contributed by atoms with Crippen LogP contribution in [0.5, 0.6) is 0 Å². The second-order valence-electron chi connectivity index (χ2n) is 3.51. The molecule has 0 aromatic rings. The van der Waals surface area contributed by atoms with E-state index in [-0.39, 0.29) is 18.3 Å². The molecule has 4 nitrogen and oxygen atoms in total. The molecule has 0 fully saturated rings. The van der Waals surface area contributed by atoms with Crippen LogP contribution < -0.4 is 0 Å². The van der Waals surface area contributed by atoms with Gasteiger partial charge in [0.15, 0.2) is 5.57 Å². The minimum atomic E-state index is -0.681. The third-order valence-electron chi connectivity index (χ3n) is 1.69. The highest BCUT2D eigenvalue weighted by atomic mass is 32.2. The SMILES string of the molecule is C=CCOC(=O)C(C(=O)OC(C)C)=C1SC=CS1. The van der Waals surface area contributed by atoms with Gasteiger partial charge < -0.3 is 9.47 Å². The van der Waals surface area contributed by atoms with Gasteiger partial charge in [0.25, 0.3) is 0 Å². The van der Waals surface area contributed by atoms with Gasteiger partial charge in [0.1, 0.15) is 6.61 Å². The number of hydrogen-bond donors (Lipinski definition) is 0. The van der Waals surface area contributed by atoms with E-state index in [1.54, 1.807) is 24.7 Å². The predicted octanol–water partition coefficient (Wildman–Crippen LogP) is 2.83. The largest absolute Gasteiger partial charge is 0.459 e. The van der Waals surface area contributed by atoms with Crippen LogP contribution in [0.25, 0.3) is 0 Å². The summed E-state index contributed by atoms with van der Waals surface area (Å²) in [6.45, 7) is 6.96. The Balaban J connectivity index is 2.88. The minimum Gasteiger partial charge on any atom is -0.459 e. The van der Waals surface area contributed by atoms with E-state index in [0.717, 1.165) is 0 Å². The van der Waals surface area contributed by atoms with Gasteiger partial charge >= 0.3 is 11.9 Å². The molecular weight excluding hydrogens is 272 g/mol. The van der Waals surface area contributed by atoms with E-state index in [1.807, 2.05) is 0 Å². The fraction of sp³-hybridized carbons (Fsp3) is 0.333. The Morgan fingerprint density at radius 2 is 1.94 bits per heavy atom. The van der Waals surface area contributed by atoms with Gasteiger partial charge in [-0.05, 0) is 24.7 Å². The molecule has 1 rings (SSSR count). The van der Waals surface area contributed by atoms with Gasteiger partial charge in [0.2, 0.25) is 0 Å². The Morgan fingerprint density at radius 1 is 1.33 bits per heavy atom. The monoisotopic (exact) mass is 286 g/mol. The smallest absolute Gasteiger partial charge is 0.347 e. The maximum absolute atomic E-state index is 11.9. The molecule has 0 aromatic heterocycles. The van der Waals surface area contributed by atoms with Crippen LogP contribution in [0.4, 0.5) is 0 Å². The molecule has 1 heterocycles. The average molecular weight is 286 g/mol. The van der Waals surface area contributed by atoms with Gasteiger partial charge in [-0.2, -0.15) is 0 Å².